The number of carboxylic acid groups (broad SMARTS) is 1. The molecule has 0 aromatic heterocycles. The highest BCUT2D eigenvalue weighted by atomic mass is 19.4. The van der Waals surface area contributed by atoms with Gasteiger partial charge in [0.25, 0.3) is 0 Å². The van der Waals surface area contributed by atoms with Gasteiger partial charge in [-0.05, 0) is 18.1 Å². The van der Waals surface area contributed by atoms with Crippen molar-refractivity contribution in [2.24, 2.45) is 0 Å². The average molecular weight is 295 g/mol. The number of likely N-dealkylation sites (tertiary alicyclic amines) is 1. The second-order valence-electron chi connectivity index (χ2n) is 5.03. The van der Waals surface area contributed by atoms with E-state index in [0.717, 1.165) is 18.2 Å². The van der Waals surface area contributed by atoms with Crippen LogP contribution in [0.1, 0.15) is 6.42 Å². The Morgan fingerprint density at radius 3 is 2.76 bits per heavy atom. The van der Waals surface area contributed by atoms with E-state index in [1.54, 1.807) is 11.0 Å². The molecule has 0 amide bonds. The summed E-state index contributed by atoms with van der Waals surface area (Å²) in [6.45, 7) is 0.750. The predicted octanol–water partition coefficient (Wildman–Crippen LogP) is 2.60. The number of alkyl halides is 3. The molecule has 3 nitrogen and oxygen atoms in total. The molecular formula is C14H13BF3NO2. The topological polar surface area (TPSA) is 40.5 Å². The van der Waals surface area contributed by atoms with Gasteiger partial charge in [-0.1, -0.05) is 24.3 Å². The van der Waals surface area contributed by atoms with E-state index >= 15 is 0 Å². The van der Waals surface area contributed by atoms with Crippen molar-refractivity contribution in [1.29, 1.82) is 0 Å². The highest BCUT2D eigenvalue weighted by Crippen LogP contribution is 2.46. The second kappa shape index (κ2) is 5.46. The summed E-state index contributed by atoms with van der Waals surface area (Å²) in [6, 6.07) is 0. The van der Waals surface area contributed by atoms with Crippen LogP contribution in [0.3, 0.4) is 0 Å². The predicted molar refractivity (Wildman–Crippen MR) is 72.8 cm³/mol. The van der Waals surface area contributed by atoms with Crippen LogP contribution in [0.15, 0.2) is 47.7 Å². The average Bonchev–Trinajstić information content (AvgIpc) is 2.69. The summed E-state index contributed by atoms with van der Waals surface area (Å²) < 4.78 is 39.2. The number of carbonyl (C=O) groups is 1. The molecule has 0 aromatic rings. The summed E-state index contributed by atoms with van der Waals surface area (Å²) >= 11 is 0. The Balaban J connectivity index is 2.26. The van der Waals surface area contributed by atoms with Gasteiger partial charge in [-0.25, -0.2) is 4.79 Å². The summed E-state index contributed by atoms with van der Waals surface area (Å²) in [4.78, 5) is 12.3. The third kappa shape index (κ3) is 3.40. The van der Waals surface area contributed by atoms with Crippen LogP contribution in [-0.4, -0.2) is 43.1 Å². The van der Waals surface area contributed by atoms with Gasteiger partial charge in [0.05, 0.1) is 13.2 Å². The van der Waals surface area contributed by atoms with E-state index in [1.807, 2.05) is 0 Å². The van der Waals surface area contributed by atoms with Crippen LogP contribution in [-0.2, 0) is 4.79 Å². The molecule has 0 saturated carbocycles. The molecular weight excluding hydrogens is 282 g/mol. The molecule has 1 aliphatic heterocycles. The summed E-state index contributed by atoms with van der Waals surface area (Å²) in [5.74, 6) is -1.05. The van der Waals surface area contributed by atoms with Crippen molar-refractivity contribution in [2.45, 2.75) is 17.9 Å². The van der Waals surface area contributed by atoms with Crippen LogP contribution in [0.5, 0.6) is 0 Å². The highest BCUT2D eigenvalue weighted by Gasteiger charge is 2.47. The molecule has 1 N–H and O–H groups in total. The van der Waals surface area contributed by atoms with Gasteiger partial charge < -0.3 is 10.0 Å². The third-order valence-electron chi connectivity index (χ3n) is 3.42. The molecule has 1 heterocycles. The summed E-state index contributed by atoms with van der Waals surface area (Å²) in [5.41, 5.74) is 1.01. The fourth-order valence-corrected chi connectivity index (χ4v) is 2.28. The van der Waals surface area contributed by atoms with E-state index in [2.05, 4.69) is 0 Å². The molecule has 2 rings (SSSR count). The molecule has 1 atom stereocenters. The number of aliphatic carboxylic acids is 1. The molecule has 110 valence electrons. The van der Waals surface area contributed by atoms with E-state index in [-0.39, 0.29) is 6.54 Å². The maximum absolute atomic E-state index is 13.1. The Bertz CT molecular complexity index is 563. The van der Waals surface area contributed by atoms with Crippen molar-refractivity contribution in [2.75, 3.05) is 13.1 Å². The molecule has 7 heteroatoms. The lowest BCUT2D eigenvalue weighted by atomic mass is 9.67. The Labute approximate surface area is 121 Å². The molecule has 2 radical (unpaired) electrons. The summed E-state index contributed by atoms with van der Waals surface area (Å²) in [7, 11) is 5.45. The molecule has 21 heavy (non-hydrogen) atoms. The van der Waals surface area contributed by atoms with Gasteiger partial charge in [-0.2, -0.15) is 13.2 Å². The number of nitrogens with zero attached hydrogens (tertiary/aromatic N) is 1. The largest absolute Gasteiger partial charge is 0.478 e. The summed E-state index contributed by atoms with van der Waals surface area (Å²) in [6.07, 6.45) is 3.18. The lowest BCUT2D eigenvalue weighted by Crippen LogP contribution is -2.30. The summed E-state index contributed by atoms with van der Waals surface area (Å²) in [5, 5.41) is 6.18. The molecule has 0 bridgehead atoms. The Morgan fingerprint density at radius 1 is 1.43 bits per heavy atom. The van der Waals surface area contributed by atoms with Gasteiger partial charge in [0, 0.05) is 24.9 Å². The smallest absolute Gasteiger partial charge is 0.393 e. The zero-order valence-electron chi connectivity index (χ0n) is 11.1. The first kappa shape index (κ1) is 15.5. The van der Waals surface area contributed by atoms with E-state index in [1.165, 1.54) is 12.2 Å². The number of halogens is 3. The lowest BCUT2D eigenvalue weighted by molar-refractivity contribution is -0.142. The first-order chi connectivity index (χ1) is 9.71. The van der Waals surface area contributed by atoms with Gasteiger partial charge in [0.1, 0.15) is 0 Å². The van der Waals surface area contributed by atoms with Crippen molar-refractivity contribution in [3.05, 3.63) is 47.7 Å². The van der Waals surface area contributed by atoms with Crippen LogP contribution >= 0.6 is 0 Å². The third-order valence-corrected chi connectivity index (χ3v) is 3.42. The van der Waals surface area contributed by atoms with E-state index in [4.69, 9.17) is 13.0 Å². The number of allylic oxidation sites excluding steroid dienone is 5. The first-order valence-corrected chi connectivity index (χ1v) is 6.33. The maximum atomic E-state index is 13.1. The van der Waals surface area contributed by atoms with Gasteiger partial charge in [-0.15, -0.1) is 0 Å². The van der Waals surface area contributed by atoms with Crippen LogP contribution in [0.25, 0.3) is 0 Å². The Morgan fingerprint density at radius 2 is 2.14 bits per heavy atom. The SMILES string of the molecule is [B]C1(C(F)(F)F)C=CC=CC(N2CC/C(=C\C(=O)O)C2)=C1. The lowest BCUT2D eigenvalue weighted by Gasteiger charge is -2.28. The Kier molecular flexibility index (Phi) is 4.03. The fraction of sp³-hybridized carbons (Fsp3) is 0.357. The van der Waals surface area contributed by atoms with Crippen molar-refractivity contribution in [3.63, 3.8) is 0 Å². The zero-order chi connectivity index (χ0) is 15.7. The number of rotatable bonds is 2. The minimum absolute atomic E-state index is 0.288. The molecule has 1 saturated heterocycles. The van der Waals surface area contributed by atoms with Crippen molar-refractivity contribution in [3.8, 4) is 0 Å². The van der Waals surface area contributed by atoms with Crippen LogP contribution in [0, 0.1) is 0 Å². The van der Waals surface area contributed by atoms with Crippen LogP contribution in [0.4, 0.5) is 13.2 Å². The van der Waals surface area contributed by atoms with Gasteiger partial charge in [0.15, 0.2) is 0 Å². The molecule has 1 fully saturated rings. The fourth-order valence-electron chi connectivity index (χ4n) is 2.28. The molecule has 2 aliphatic rings. The zero-order valence-corrected chi connectivity index (χ0v) is 11.1. The first-order valence-electron chi connectivity index (χ1n) is 6.33. The van der Waals surface area contributed by atoms with Crippen molar-refractivity contribution >= 4 is 13.8 Å². The molecule has 1 aliphatic carbocycles. The minimum atomic E-state index is -4.60. The van der Waals surface area contributed by atoms with E-state index < -0.39 is 17.5 Å². The van der Waals surface area contributed by atoms with Gasteiger partial charge in [0.2, 0.25) is 0 Å². The molecule has 1 unspecified atom stereocenters. The molecule has 0 aromatic carbocycles. The van der Waals surface area contributed by atoms with Crippen molar-refractivity contribution < 1.29 is 23.1 Å². The quantitative estimate of drug-likeness (QED) is 0.629. The van der Waals surface area contributed by atoms with Crippen LogP contribution < -0.4 is 0 Å². The number of hydrogen-bond donors (Lipinski definition) is 1. The minimum Gasteiger partial charge on any atom is -0.478 e. The highest BCUT2D eigenvalue weighted by molar-refractivity contribution is 6.19. The van der Waals surface area contributed by atoms with E-state index in [0.29, 0.717) is 24.2 Å². The number of hydrogen-bond acceptors (Lipinski definition) is 2. The maximum Gasteiger partial charge on any atom is 0.393 e. The van der Waals surface area contributed by atoms with Gasteiger partial charge >= 0.3 is 12.1 Å². The normalized spacial score (nSPS) is 27.9. The van der Waals surface area contributed by atoms with E-state index in [9.17, 15) is 18.0 Å². The van der Waals surface area contributed by atoms with Gasteiger partial charge in [-0.3, -0.25) is 0 Å². The number of carboxylic acids is 1. The van der Waals surface area contributed by atoms with Crippen LogP contribution in [0.2, 0.25) is 5.31 Å². The Hall–Kier alpha value is -1.92. The monoisotopic (exact) mass is 295 g/mol. The standard InChI is InChI=1S/C14H13BF3NO2/c15-13(14(16,17)18)5-2-1-3-11(8-13)19-6-4-10(9-19)7-12(20)21/h1-3,5,7-8H,4,6,9H2,(H,20,21)/b10-7+. The second-order valence-corrected chi connectivity index (χ2v) is 5.03. The molecule has 0 spiro atoms. The van der Waals surface area contributed by atoms with Crippen molar-refractivity contribution in [1.82, 2.24) is 4.90 Å².